The second-order valence-electron chi connectivity index (χ2n) is 1.08. The molecule has 0 aromatic rings. The Balaban J connectivity index is -0.0000000430. The number of halogens is 6. The number of alkyl halides is 6. The average molecular weight is 381 g/mol. The minimum atomic E-state index is -1.85. The smallest absolute Gasteiger partial charge is 0.186 e. The maximum atomic E-state index is 8.12. The summed E-state index contributed by atoms with van der Waals surface area (Å²) in [6.45, 7) is 0. The second kappa shape index (κ2) is 18.8. The number of hydrogen-bond donors (Lipinski definition) is 0. The normalized spacial score (nSPS) is 8.00. The number of carbonyl (C=O) groups excluding carboxylic acids is 2. The molecule has 96 valence electrons. The van der Waals surface area contributed by atoms with Gasteiger partial charge in [-0.1, -0.05) is 69.6 Å². The van der Waals surface area contributed by atoms with Crippen molar-refractivity contribution in [3.05, 3.63) is 9.93 Å². The first kappa shape index (κ1) is 30.4. The quantitative estimate of drug-likeness (QED) is 0.470. The molecule has 0 heterocycles. The van der Waals surface area contributed by atoms with Crippen LogP contribution in [-0.4, -0.2) is 13.7 Å². The van der Waals surface area contributed by atoms with Crippen LogP contribution in [-0.2, 0) is 9.59 Å². The molecule has 13 heteroatoms. The number of hydrogen-bond acceptors (Lipinski definition) is 6. The maximum absolute atomic E-state index is 8.12. The topological polar surface area (TPSA) is 116 Å². The Morgan fingerprint density at radius 1 is 0.750 bits per heavy atom. The molecular weight excluding hydrogens is 381 g/mol. The summed E-state index contributed by atoms with van der Waals surface area (Å²) in [6.07, 6.45) is 0.250. The summed E-state index contributed by atoms with van der Waals surface area (Å²) in [5.74, 6) is 0. The molecule has 0 amide bonds. The molecule has 0 atom stereocenters. The van der Waals surface area contributed by atoms with E-state index in [0.29, 0.717) is 0 Å². The Bertz CT molecular complexity index is 184. The summed E-state index contributed by atoms with van der Waals surface area (Å²) >= 11 is 30.9. The van der Waals surface area contributed by atoms with E-state index in [1.165, 1.54) is 0 Å². The van der Waals surface area contributed by atoms with Gasteiger partial charge in [-0.25, -0.2) is 0 Å². The Morgan fingerprint density at radius 2 is 0.812 bits per heavy atom. The molecule has 0 saturated carbocycles. The van der Waals surface area contributed by atoms with E-state index in [2.05, 4.69) is 0 Å². The minimum Gasteiger partial charge on any atom is -0.186 e. The molecule has 0 N–H and O–H groups in total. The van der Waals surface area contributed by atoms with Gasteiger partial charge in [0.25, 0.3) is 0 Å². The molecule has 0 aromatic carbocycles. The van der Waals surface area contributed by atoms with Crippen LogP contribution in [0.3, 0.4) is 0 Å². The third-order valence-electron chi connectivity index (χ3n) is 0.321. The van der Waals surface area contributed by atoms with Crippen molar-refractivity contribution < 1.29 is 47.3 Å². The summed E-state index contributed by atoms with van der Waals surface area (Å²) < 4.78 is -3.70. The van der Waals surface area contributed by atoms with Crippen molar-refractivity contribution in [2.24, 2.45) is 0 Å². The van der Waals surface area contributed by atoms with E-state index in [0.717, 1.165) is 0 Å². The molecule has 16 heavy (non-hydrogen) atoms. The zero-order valence-electron chi connectivity index (χ0n) is 6.65. The number of rotatable bonds is 0. The van der Waals surface area contributed by atoms with Gasteiger partial charge in [0.05, 0.1) is 0 Å². The molecule has 0 saturated heterocycles. The van der Waals surface area contributed by atoms with Gasteiger partial charge in [0.15, 0.2) is 0 Å². The fourth-order valence-electron chi connectivity index (χ4n) is 0. The van der Waals surface area contributed by atoms with Crippen LogP contribution in [0.25, 0.3) is 0 Å². The maximum Gasteiger partial charge on any atom is 0.373 e. The van der Waals surface area contributed by atoms with Crippen LogP contribution in [0.4, 0.5) is 0 Å². The Labute approximate surface area is 149 Å². The van der Waals surface area contributed by atoms with E-state index in [4.69, 9.17) is 99.9 Å². The van der Waals surface area contributed by atoms with Crippen LogP contribution in [0.5, 0.6) is 0 Å². The van der Waals surface area contributed by atoms with Crippen molar-refractivity contribution >= 4 is 75.8 Å². The van der Waals surface area contributed by atoms with E-state index in [1.54, 1.807) is 0 Å². The Morgan fingerprint density at radius 3 is 0.812 bits per heavy atom. The van der Waals surface area contributed by atoms with Crippen LogP contribution >= 0.6 is 69.6 Å². The third kappa shape index (κ3) is 29.5. The molecule has 0 bridgehead atoms. The fraction of sp³-hybridized carbons (Fsp3) is 0.667. The van der Waals surface area contributed by atoms with Gasteiger partial charge in [0.1, 0.15) is 0 Å². The molecule has 0 rings (SSSR count). The summed E-state index contributed by atoms with van der Waals surface area (Å²) in [5.41, 5.74) is 0. The van der Waals surface area contributed by atoms with Gasteiger partial charge in [-0.2, -0.15) is 9.59 Å². The first-order valence-electron chi connectivity index (χ1n) is 2.16. The van der Waals surface area contributed by atoms with Crippen molar-refractivity contribution in [2.75, 3.05) is 0 Å². The van der Waals surface area contributed by atoms with Crippen LogP contribution in [0.1, 0.15) is 0 Å². The average Bonchev–Trinajstić information content (AvgIpc) is 2.09. The summed E-state index contributed by atoms with van der Waals surface area (Å²) in [6, 6.07) is 0. The monoisotopic (exact) mass is 378 g/mol. The molecule has 0 radical (unpaired) electrons. The van der Waals surface area contributed by atoms with Crippen LogP contribution in [0.15, 0.2) is 0 Å². The van der Waals surface area contributed by atoms with Crippen molar-refractivity contribution in [1.29, 1.82) is 10.8 Å². The predicted octanol–water partition coefficient (Wildman–Crippen LogP) is 3.24. The van der Waals surface area contributed by atoms with Gasteiger partial charge in [-0.05, 0) is 0 Å². The van der Waals surface area contributed by atoms with Crippen LogP contribution in [0.2, 0.25) is 0 Å². The summed E-state index contributed by atoms with van der Waals surface area (Å²) in [5, 5.41) is 12.0. The zero-order chi connectivity index (χ0) is 13.7. The molecule has 6 nitrogen and oxygen atoms in total. The number of nitrogens with zero attached hydrogens (tertiary/aromatic N) is 2. The molecule has 0 aliphatic rings. The molecule has 0 aliphatic carbocycles. The molecule has 0 fully saturated rings. The first-order valence-corrected chi connectivity index (χ1v) is 4.43. The second-order valence-corrected chi connectivity index (χ2v) is 5.64. The fourth-order valence-corrected chi connectivity index (χ4v) is 0. The standard InChI is InChI=1S/C2Cl6.CO2.Ar.N2.O2/c3-1(4,5)2(6,7)8;2-1-3;;2*1-2. The Hall–Kier alpha value is 1.40. The van der Waals surface area contributed by atoms with E-state index < -0.39 is 7.59 Å². The van der Waals surface area contributed by atoms with Gasteiger partial charge in [-0.3, -0.25) is 0 Å². The van der Waals surface area contributed by atoms with Gasteiger partial charge < -0.3 is 0 Å². The Kier molecular flexibility index (Phi) is 35.7. The molecule has 0 unspecified atom stereocenters. The predicted molar refractivity (Wildman–Crippen MR) is 55.8 cm³/mol. The van der Waals surface area contributed by atoms with E-state index in [9.17, 15) is 0 Å². The van der Waals surface area contributed by atoms with Gasteiger partial charge in [0.2, 0.25) is 7.59 Å². The van der Waals surface area contributed by atoms with E-state index >= 15 is 0 Å². The van der Waals surface area contributed by atoms with Crippen molar-refractivity contribution in [3.8, 4) is 0 Å². The molecule has 0 aromatic heterocycles. The van der Waals surface area contributed by atoms with Crippen molar-refractivity contribution in [1.82, 2.24) is 0 Å². The van der Waals surface area contributed by atoms with Crippen LogP contribution in [0, 0.1) is 58.5 Å². The van der Waals surface area contributed by atoms with Crippen LogP contribution < -0.4 is 0 Å². The van der Waals surface area contributed by atoms with E-state index in [-0.39, 0.29) is 43.9 Å². The van der Waals surface area contributed by atoms with Crippen molar-refractivity contribution in [2.45, 2.75) is 7.59 Å². The largest absolute Gasteiger partial charge is 0.373 e. The van der Waals surface area contributed by atoms with Gasteiger partial charge >= 0.3 is 6.15 Å². The van der Waals surface area contributed by atoms with Gasteiger partial charge in [0, 0.05) is 58.5 Å². The van der Waals surface area contributed by atoms with Gasteiger partial charge in [-0.15, -0.1) is 0 Å². The van der Waals surface area contributed by atoms with E-state index in [1.807, 2.05) is 0 Å². The zero-order valence-corrected chi connectivity index (χ0v) is 11.9. The molecular formula is C3ArCl6N2O4. The first-order chi connectivity index (χ1) is 6.66. The summed E-state index contributed by atoms with van der Waals surface area (Å²) in [4.78, 5) is 30.2. The third-order valence-corrected chi connectivity index (χ3v) is 2.89. The molecule has 0 aliphatic heterocycles. The van der Waals surface area contributed by atoms with Crippen molar-refractivity contribution in [3.63, 3.8) is 0 Å². The SMILES string of the molecule is ClC(Cl)(Cl)C(Cl)(Cl)Cl.N#N.O=C=O.O=O.[Ar]. The summed E-state index contributed by atoms with van der Waals surface area (Å²) in [7, 11) is 0. The minimum absolute atomic E-state index is 0. The molecule has 0 spiro atoms.